The van der Waals surface area contributed by atoms with Crippen LogP contribution in [0.1, 0.15) is 33.9 Å². The molecule has 1 aliphatic heterocycles. The van der Waals surface area contributed by atoms with E-state index in [0.717, 1.165) is 17.5 Å². The van der Waals surface area contributed by atoms with E-state index < -0.39 is 18.8 Å². The molecule has 116 valence electrons. The van der Waals surface area contributed by atoms with Crippen molar-refractivity contribution in [2.24, 2.45) is 5.73 Å². The van der Waals surface area contributed by atoms with E-state index in [1.807, 2.05) is 12.1 Å². The molecule has 0 bridgehead atoms. The molecule has 1 atom stereocenters. The third-order valence-corrected chi connectivity index (χ3v) is 3.33. The first-order valence-electron chi connectivity index (χ1n) is 6.68. The van der Waals surface area contributed by atoms with Crippen LogP contribution in [0.3, 0.4) is 0 Å². The molecule has 1 heterocycles. The maximum Gasteiger partial charge on any atom is 0.411 e. The lowest BCUT2D eigenvalue weighted by Gasteiger charge is -2.19. The van der Waals surface area contributed by atoms with E-state index in [2.05, 4.69) is 10.1 Å². The van der Waals surface area contributed by atoms with Gasteiger partial charge in [0.15, 0.2) is 0 Å². The second-order valence-electron chi connectivity index (χ2n) is 4.99. The molecule has 3 N–H and O–H groups in total. The Kier molecular flexibility index (Phi) is 4.84. The van der Waals surface area contributed by atoms with Crippen LogP contribution in [0, 0.1) is 0 Å². The van der Waals surface area contributed by atoms with Crippen molar-refractivity contribution in [3.05, 3.63) is 34.9 Å². The van der Waals surface area contributed by atoms with Gasteiger partial charge in [-0.25, -0.2) is 0 Å². The van der Waals surface area contributed by atoms with Gasteiger partial charge in [0.2, 0.25) is 0 Å². The number of carbonyl (C=O) groups excluding carboxylic acids is 1. The number of hydrogen-bond donors (Lipinski definition) is 2. The van der Waals surface area contributed by atoms with Gasteiger partial charge in [-0.3, -0.25) is 4.79 Å². The summed E-state index contributed by atoms with van der Waals surface area (Å²) >= 11 is 0. The summed E-state index contributed by atoms with van der Waals surface area (Å²) in [5, 5.41) is 2.74. The average Bonchev–Trinajstić information content (AvgIpc) is 2.42. The molecule has 1 aliphatic rings. The summed E-state index contributed by atoms with van der Waals surface area (Å²) in [6.07, 6.45) is -3.30. The van der Waals surface area contributed by atoms with Crippen molar-refractivity contribution in [2.45, 2.75) is 25.1 Å². The summed E-state index contributed by atoms with van der Waals surface area (Å²) in [5.41, 5.74) is 8.20. The van der Waals surface area contributed by atoms with Crippen LogP contribution in [0.4, 0.5) is 13.2 Å². The molecule has 21 heavy (non-hydrogen) atoms. The number of halogens is 3. The van der Waals surface area contributed by atoms with Crippen molar-refractivity contribution < 1.29 is 22.7 Å². The molecule has 1 aromatic carbocycles. The molecular weight excluding hydrogens is 285 g/mol. The number of hydrogen-bond acceptors (Lipinski definition) is 3. The van der Waals surface area contributed by atoms with Crippen LogP contribution in [0.25, 0.3) is 0 Å². The number of alkyl halides is 3. The lowest BCUT2D eigenvalue weighted by molar-refractivity contribution is -0.174. The molecule has 0 aliphatic carbocycles. The highest BCUT2D eigenvalue weighted by Crippen LogP contribution is 2.21. The second kappa shape index (κ2) is 6.44. The number of carbonyl (C=O) groups is 1. The Hall–Kier alpha value is -1.60. The van der Waals surface area contributed by atoms with E-state index in [9.17, 15) is 18.0 Å². The summed E-state index contributed by atoms with van der Waals surface area (Å²) in [5.74, 6) is -0.140. The summed E-state index contributed by atoms with van der Waals surface area (Å²) in [6.45, 7) is -0.737. The fraction of sp³-hybridized carbons (Fsp3) is 0.500. The number of ether oxygens (including phenoxy) is 1. The van der Waals surface area contributed by atoms with Gasteiger partial charge in [-0.05, 0) is 30.0 Å². The van der Waals surface area contributed by atoms with Crippen LogP contribution in [-0.4, -0.2) is 31.8 Å². The fourth-order valence-corrected chi connectivity index (χ4v) is 2.22. The SMILES string of the molecule is NC(CCOCC(F)(F)F)c1ccc2c(c1)C(=O)NCC2. The first-order chi connectivity index (χ1) is 9.87. The van der Waals surface area contributed by atoms with Gasteiger partial charge in [0, 0.05) is 24.8 Å². The highest BCUT2D eigenvalue weighted by molar-refractivity contribution is 5.96. The molecule has 0 saturated carbocycles. The van der Waals surface area contributed by atoms with E-state index in [1.54, 1.807) is 6.07 Å². The maximum absolute atomic E-state index is 11.9. The van der Waals surface area contributed by atoms with Crippen molar-refractivity contribution in [3.8, 4) is 0 Å². The zero-order valence-electron chi connectivity index (χ0n) is 11.4. The van der Waals surface area contributed by atoms with Crippen molar-refractivity contribution in [1.82, 2.24) is 5.32 Å². The molecule has 2 rings (SSSR count). The molecule has 0 saturated heterocycles. The van der Waals surface area contributed by atoms with Gasteiger partial charge in [0.1, 0.15) is 6.61 Å². The van der Waals surface area contributed by atoms with Crippen LogP contribution < -0.4 is 11.1 Å². The topological polar surface area (TPSA) is 64.3 Å². The van der Waals surface area contributed by atoms with Crippen molar-refractivity contribution >= 4 is 5.91 Å². The first-order valence-corrected chi connectivity index (χ1v) is 6.68. The molecular formula is C14H17F3N2O2. The summed E-state index contributed by atoms with van der Waals surface area (Å²) < 4.78 is 40.3. The molecule has 1 amide bonds. The zero-order valence-corrected chi connectivity index (χ0v) is 11.4. The van der Waals surface area contributed by atoms with Gasteiger partial charge < -0.3 is 15.8 Å². The smallest absolute Gasteiger partial charge is 0.372 e. The fourth-order valence-electron chi connectivity index (χ4n) is 2.22. The van der Waals surface area contributed by atoms with Crippen molar-refractivity contribution in [2.75, 3.05) is 19.8 Å². The number of nitrogens with two attached hydrogens (primary N) is 1. The maximum atomic E-state index is 11.9. The van der Waals surface area contributed by atoms with Gasteiger partial charge in [-0.2, -0.15) is 13.2 Å². The first kappa shape index (κ1) is 15.8. The Labute approximate surface area is 120 Å². The van der Waals surface area contributed by atoms with Crippen molar-refractivity contribution in [3.63, 3.8) is 0 Å². The highest BCUT2D eigenvalue weighted by Gasteiger charge is 2.27. The zero-order chi connectivity index (χ0) is 15.5. The Morgan fingerprint density at radius 3 is 2.86 bits per heavy atom. The highest BCUT2D eigenvalue weighted by atomic mass is 19.4. The van der Waals surface area contributed by atoms with Crippen LogP contribution in [0.15, 0.2) is 18.2 Å². The van der Waals surface area contributed by atoms with E-state index >= 15 is 0 Å². The van der Waals surface area contributed by atoms with Gasteiger partial charge in [0.25, 0.3) is 5.91 Å². The van der Waals surface area contributed by atoms with Gasteiger partial charge in [-0.1, -0.05) is 12.1 Å². The standard InChI is InChI=1S/C14H17F3N2O2/c15-14(16,17)8-21-6-4-12(18)10-2-1-9-3-5-19-13(20)11(9)7-10/h1-2,7,12H,3-6,8,18H2,(H,19,20). The van der Waals surface area contributed by atoms with Crippen LogP contribution in [-0.2, 0) is 11.2 Å². The average molecular weight is 302 g/mol. The minimum atomic E-state index is -4.33. The number of benzene rings is 1. The molecule has 7 heteroatoms. The van der Waals surface area contributed by atoms with Gasteiger partial charge in [-0.15, -0.1) is 0 Å². The summed E-state index contributed by atoms with van der Waals surface area (Å²) in [6, 6.07) is 4.91. The van der Waals surface area contributed by atoms with E-state index in [1.165, 1.54) is 0 Å². The van der Waals surface area contributed by atoms with E-state index in [-0.39, 0.29) is 18.9 Å². The van der Waals surface area contributed by atoms with Crippen LogP contribution >= 0.6 is 0 Å². The predicted octanol–water partition coefficient (Wildman–Crippen LogP) is 1.94. The van der Waals surface area contributed by atoms with E-state index in [4.69, 9.17) is 5.73 Å². The minimum absolute atomic E-state index is 0.0794. The quantitative estimate of drug-likeness (QED) is 0.817. The minimum Gasteiger partial charge on any atom is -0.372 e. The molecule has 4 nitrogen and oxygen atoms in total. The van der Waals surface area contributed by atoms with Crippen molar-refractivity contribution in [1.29, 1.82) is 0 Å². The van der Waals surface area contributed by atoms with E-state index in [0.29, 0.717) is 12.1 Å². The summed E-state index contributed by atoms with van der Waals surface area (Å²) in [7, 11) is 0. The number of nitrogens with one attached hydrogen (secondary N) is 1. The molecule has 0 fully saturated rings. The number of fused-ring (bicyclic) bond motifs is 1. The Morgan fingerprint density at radius 1 is 1.38 bits per heavy atom. The number of amides is 1. The Balaban J connectivity index is 1.92. The molecule has 1 unspecified atom stereocenters. The summed E-state index contributed by atoms with van der Waals surface area (Å²) in [4.78, 5) is 11.7. The monoisotopic (exact) mass is 302 g/mol. The second-order valence-corrected chi connectivity index (χ2v) is 4.99. The van der Waals surface area contributed by atoms with Crippen LogP contribution in [0.2, 0.25) is 0 Å². The predicted molar refractivity (Wildman–Crippen MR) is 70.9 cm³/mol. The lowest BCUT2D eigenvalue weighted by atomic mass is 9.94. The largest absolute Gasteiger partial charge is 0.411 e. The Morgan fingerprint density at radius 2 is 2.14 bits per heavy atom. The lowest BCUT2D eigenvalue weighted by Crippen LogP contribution is -2.32. The molecule has 0 spiro atoms. The van der Waals surface area contributed by atoms with Gasteiger partial charge in [0.05, 0.1) is 0 Å². The molecule has 0 aromatic heterocycles. The number of rotatable bonds is 5. The Bertz CT molecular complexity index is 517. The third-order valence-electron chi connectivity index (χ3n) is 3.33. The van der Waals surface area contributed by atoms with Crippen LogP contribution in [0.5, 0.6) is 0 Å². The van der Waals surface area contributed by atoms with Gasteiger partial charge >= 0.3 is 6.18 Å². The molecule has 0 radical (unpaired) electrons. The molecule has 1 aromatic rings. The normalized spacial score (nSPS) is 16.3. The third kappa shape index (κ3) is 4.44.